The number of hydrogen-bond donors (Lipinski definition) is 0. The topological polar surface area (TPSA) is 12.5 Å². The van der Waals surface area contributed by atoms with Crippen molar-refractivity contribution in [3.63, 3.8) is 0 Å². The van der Waals surface area contributed by atoms with Gasteiger partial charge in [0.2, 0.25) is 0 Å². The smallest absolute Gasteiger partial charge is 0.129 e. The maximum Gasteiger partial charge on any atom is 0.129 e. The molecule has 0 heterocycles. The first-order chi connectivity index (χ1) is 14.5. The van der Waals surface area contributed by atoms with Gasteiger partial charge in [0, 0.05) is 24.6 Å². The number of rotatable bonds is 8. The van der Waals surface area contributed by atoms with Crippen molar-refractivity contribution in [2.75, 3.05) is 20.2 Å². The second kappa shape index (κ2) is 8.99. The van der Waals surface area contributed by atoms with E-state index in [0.717, 1.165) is 23.2 Å². The largest absolute Gasteiger partial charge is 0.302 e. The second-order valence-corrected chi connectivity index (χ2v) is 8.98. The van der Waals surface area contributed by atoms with E-state index in [1.165, 1.54) is 31.0 Å². The molecule has 0 saturated heterocycles. The van der Waals surface area contributed by atoms with Crippen LogP contribution in [0.1, 0.15) is 41.0 Å². The van der Waals surface area contributed by atoms with Crippen molar-refractivity contribution in [3.05, 3.63) is 82.4 Å². The molecule has 0 aromatic heterocycles. The second-order valence-electron chi connectivity index (χ2n) is 8.98. The van der Waals surface area contributed by atoms with Gasteiger partial charge < -0.3 is 4.84 Å². The summed E-state index contributed by atoms with van der Waals surface area (Å²) in [5.41, 5.74) is 3.62. The summed E-state index contributed by atoms with van der Waals surface area (Å²) < 4.78 is 29.0. The first-order valence-corrected chi connectivity index (χ1v) is 10.9. The minimum Gasteiger partial charge on any atom is -0.302 e. The molecule has 1 saturated carbocycles. The Morgan fingerprint density at radius 2 is 1.67 bits per heavy atom. The Morgan fingerprint density at radius 3 is 2.23 bits per heavy atom. The molecule has 30 heavy (non-hydrogen) atoms. The molecule has 4 atom stereocenters. The van der Waals surface area contributed by atoms with Crippen molar-refractivity contribution in [2.24, 2.45) is 17.8 Å². The first-order valence-electron chi connectivity index (χ1n) is 10.9. The van der Waals surface area contributed by atoms with Gasteiger partial charge in [-0.15, -0.1) is 0 Å². The van der Waals surface area contributed by atoms with Crippen LogP contribution in [0.5, 0.6) is 0 Å². The lowest BCUT2D eigenvalue weighted by Gasteiger charge is -2.31. The van der Waals surface area contributed by atoms with Crippen molar-refractivity contribution in [3.8, 4) is 0 Å². The predicted molar refractivity (Wildman–Crippen MR) is 116 cm³/mol. The monoisotopic (exact) mass is 411 g/mol. The van der Waals surface area contributed by atoms with Gasteiger partial charge >= 0.3 is 0 Å². The zero-order valence-electron chi connectivity index (χ0n) is 18.1. The van der Waals surface area contributed by atoms with Crippen LogP contribution in [-0.4, -0.2) is 25.3 Å². The predicted octanol–water partition coefficient (Wildman–Crippen LogP) is 5.98. The molecule has 4 unspecified atom stereocenters. The number of hydrogen-bond acceptors (Lipinski definition) is 2. The average molecular weight is 412 g/mol. The molecule has 2 aromatic carbocycles. The third-order valence-electron chi connectivity index (χ3n) is 7.00. The Balaban J connectivity index is 1.60. The molecule has 2 aromatic rings. The summed E-state index contributed by atoms with van der Waals surface area (Å²) >= 11 is 0. The summed E-state index contributed by atoms with van der Waals surface area (Å²) in [6, 6.07) is 10.3. The molecule has 4 rings (SSSR count). The maximum atomic E-state index is 14.5. The van der Waals surface area contributed by atoms with Gasteiger partial charge in [0.25, 0.3) is 0 Å². The van der Waals surface area contributed by atoms with E-state index in [1.54, 1.807) is 7.11 Å². The standard InChI is InChI=1S/C26H31F2NO/c1-17-6-4-7-18(2)26(17)22(14-23-24(27)8-5-9-25(23)28)16-29(30-3)15-21-13-19-10-11-20(21)12-19/h4-11,19-22H,12-16H2,1-3H3. The van der Waals surface area contributed by atoms with Crippen molar-refractivity contribution in [1.82, 2.24) is 5.06 Å². The highest BCUT2D eigenvalue weighted by atomic mass is 19.1. The average Bonchev–Trinajstić information content (AvgIpc) is 3.33. The lowest BCUT2D eigenvalue weighted by Crippen LogP contribution is -2.35. The van der Waals surface area contributed by atoms with Crippen LogP contribution in [0, 0.1) is 43.2 Å². The molecular formula is C26H31F2NO. The fourth-order valence-electron chi connectivity index (χ4n) is 5.54. The molecule has 0 spiro atoms. The molecule has 2 nitrogen and oxygen atoms in total. The minimum atomic E-state index is -0.478. The molecule has 2 aliphatic carbocycles. The Hall–Kier alpha value is -2.04. The van der Waals surface area contributed by atoms with E-state index in [-0.39, 0.29) is 11.5 Å². The van der Waals surface area contributed by atoms with Gasteiger partial charge in [-0.3, -0.25) is 0 Å². The van der Waals surface area contributed by atoms with Crippen molar-refractivity contribution in [1.29, 1.82) is 0 Å². The van der Waals surface area contributed by atoms with E-state index in [1.807, 2.05) is 11.1 Å². The fourth-order valence-corrected chi connectivity index (χ4v) is 5.54. The van der Waals surface area contributed by atoms with E-state index in [0.29, 0.717) is 30.7 Å². The van der Waals surface area contributed by atoms with Crippen LogP contribution in [0.2, 0.25) is 0 Å². The molecule has 0 aliphatic heterocycles. The Morgan fingerprint density at radius 1 is 1.00 bits per heavy atom. The third-order valence-corrected chi connectivity index (χ3v) is 7.00. The van der Waals surface area contributed by atoms with Gasteiger partial charge in [-0.2, -0.15) is 5.06 Å². The van der Waals surface area contributed by atoms with E-state index < -0.39 is 11.6 Å². The minimum absolute atomic E-state index is 0.0633. The van der Waals surface area contributed by atoms with Gasteiger partial charge in [0.1, 0.15) is 11.6 Å². The molecule has 1 fully saturated rings. The quantitative estimate of drug-likeness (QED) is 0.391. The number of aryl methyl sites for hydroxylation is 2. The highest BCUT2D eigenvalue weighted by Crippen LogP contribution is 2.44. The molecule has 0 amide bonds. The Kier molecular flexibility index (Phi) is 6.35. The van der Waals surface area contributed by atoms with Gasteiger partial charge in [-0.05, 0) is 79.7 Å². The number of fused-ring (bicyclic) bond motifs is 2. The molecule has 2 bridgehead atoms. The zero-order valence-corrected chi connectivity index (χ0v) is 18.1. The Bertz CT molecular complexity index is 885. The van der Waals surface area contributed by atoms with Crippen LogP contribution in [0.4, 0.5) is 8.78 Å². The number of halogens is 2. The fraction of sp³-hybridized carbons (Fsp3) is 0.462. The van der Waals surface area contributed by atoms with E-state index in [4.69, 9.17) is 4.84 Å². The summed E-state index contributed by atoms with van der Waals surface area (Å²) in [4.78, 5) is 5.77. The van der Waals surface area contributed by atoms with E-state index in [2.05, 4.69) is 38.1 Å². The number of nitrogens with zero attached hydrogens (tertiary/aromatic N) is 1. The summed E-state index contributed by atoms with van der Waals surface area (Å²) in [6.07, 6.45) is 7.46. The number of benzene rings is 2. The van der Waals surface area contributed by atoms with Crippen LogP contribution >= 0.6 is 0 Å². The lowest BCUT2D eigenvalue weighted by atomic mass is 9.85. The lowest BCUT2D eigenvalue weighted by molar-refractivity contribution is -0.144. The van der Waals surface area contributed by atoms with Gasteiger partial charge in [0.05, 0.1) is 7.11 Å². The van der Waals surface area contributed by atoms with Crippen LogP contribution in [0.25, 0.3) is 0 Å². The van der Waals surface area contributed by atoms with Gasteiger partial charge in [-0.25, -0.2) is 8.78 Å². The zero-order chi connectivity index (χ0) is 21.3. The summed E-state index contributed by atoms with van der Waals surface area (Å²) in [7, 11) is 1.70. The van der Waals surface area contributed by atoms with Crippen LogP contribution in [-0.2, 0) is 11.3 Å². The van der Waals surface area contributed by atoms with E-state index in [9.17, 15) is 8.78 Å². The molecule has 4 heteroatoms. The molecule has 0 radical (unpaired) electrons. The number of allylic oxidation sites excluding steroid dienone is 2. The van der Waals surface area contributed by atoms with Crippen molar-refractivity contribution < 1.29 is 13.6 Å². The maximum absolute atomic E-state index is 14.5. The summed E-state index contributed by atoms with van der Waals surface area (Å²) in [6.45, 7) is 5.60. The Labute approximate surface area is 178 Å². The van der Waals surface area contributed by atoms with Crippen LogP contribution in [0.15, 0.2) is 48.6 Å². The van der Waals surface area contributed by atoms with Crippen LogP contribution in [0.3, 0.4) is 0 Å². The number of hydroxylamine groups is 2. The normalized spacial score (nSPS) is 23.5. The summed E-state index contributed by atoms with van der Waals surface area (Å²) in [5, 5.41) is 2.01. The molecule has 2 aliphatic rings. The molecular weight excluding hydrogens is 380 g/mol. The van der Waals surface area contributed by atoms with Gasteiger partial charge in [-0.1, -0.05) is 36.4 Å². The highest BCUT2D eigenvalue weighted by Gasteiger charge is 2.37. The van der Waals surface area contributed by atoms with Crippen molar-refractivity contribution in [2.45, 2.75) is 39.0 Å². The summed E-state index contributed by atoms with van der Waals surface area (Å²) in [5.74, 6) is 0.910. The van der Waals surface area contributed by atoms with Gasteiger partial charge in [0.15, 0.2) is 0 Å². The SMILES string of the molecule is CON(CC(Cc1c(F)cccc1F)c1c(C)cccc1C)CC1CC2C=CC1C2. The molecule has 160 valence electrons. The third kappa shape index (κ3) is 4.35. The van der Waals surface area contributed by atoms with E-state index >= 15 is 0 Å². The van der Waals surface area contributed by atoms with Crippen molar-refractivity contribution >= 4 is 0 Å². The highest BCUT2D eigenvalue weighted by molar-refractivity contribution is 5.38. The van der Waals surface area contributed by atoms with Crippen LogP contribution < -0.4 is 0 Å². The first kappa shape index (κ1) is 21.2. The molecule has 0 N–H and O–H groups in total.